The molecule has 2 aromatic rings. The molecule has 0 aliphatic carbocycles. The van der Waals surface area contributed by atoms with E-state index in [-0.39, 0.29) is 0 Å². The number of fused-ring (bicyclic) bond motifs is 1. The first-order valence-electron chi connectivity index (χ1n) is 4.30. The standard InChI is InChI=1S/C9H10ClN3O/c10-6-2-1-3-7-8(6)14-9(13-7)12-5-4-11/h1-3H,4-5,11H2,(H,12,13). The molecule has 0 aliphatic heterocycles. The van der Waals surface area contributed by atoms with Gasteiger partial charge in [-0.3, -0.25) is 0 Å². The van der Waals surface area contributed by atoms with Gasteiger partial charge in [0.1, 0.15) is 5.52 Å². The van der Waals surface area contributed by atoms with Gasteiger partial charge in [0.05, 0.1) is 5.02 Å². The van der Waals surface area contributed by atoms with Gasteiger partial charge in [0.15, 0.2) is 5.58 Å². The highest BCUT2D eigenvalue weighted by molar-refractivity contribution is 6.34. The molecule has 4 nitrogen and oxygen atoms in total. The van der Waals surface area contributed by atoms with Crippen LogP contribution in [0, 0.1) is 0 Å². The fraction of sp³-hybridized carbons (Fsp3) is 0.222. The van der Waals surface area contributed by atoms with Gasteiger partial charge < -0.3 is 15.5 Å². The average molecular weight is 212 g/mol. The summed E-state index contributed by atoms with van der Waals surface area (Å²) in [6.45, 7) is 1.16. The smallest absolute Gasteiger partial charge is 0.295 e. The van der Waals surface area contributed by atoms with Gasteiger partial charge in [-0.05, 0) is 12.1 Å². The van der Waals surface area contributed by atoms with E-state index in [1.807, 2.05) is 12.1 Å². The second kappa shape index (κ2) is 3.86. The second-order valence-electron chi connectivity index (χ2n) is 2.82. The summed E-state index contributed by atoms with van der Waals surface area (Å²) in [7, 11) is 0. The van der Waals surface area contributed by atoms with Crippen molar-refractivity contribution in [2.75, 3.05) is 18.4 Å². The topological polar surface area (TPSA) is 64.1 Å². The van der Waals surface area contributed by atoms with E-state index in [0.717, 1.165) is 5.52 Å². The van der Waals surface area contributed by atoms with E-state index in [2.05, 4.69) is 10.3 Å². The normalized spacial score (nSPS) is 10.7. The summed E-state index contributed by atoms with van der Waals surface area (Å²) in [4.78, 5) is 4.19. The van der Waals surface area contributed by atoms with Crippen LogP contribution in [0.5, 0.6) is 0 Å². The number of halogens is 1. The van der Waals surface area contributed by atoms with Crippen LogP contribution in [-0.2, 0) is 0 Å². The molecule has 0 aliphatic rings. The van der Waals surface area contributed by atoms with Gasteiger partial charge >= 0.3 is 0 Å². The van der Waals surface area contributed by atoms with Crippen LogP contribution < -0.4 is 11.1 Å². The zero-order valence-electron chi connectivity index (χ0n) is 7.46. The quantitative estimate of drug-likeness (QED) is 0.814. The predicted molar refractivity (Wildman–Crippen MR) is 56.6 cm³/mol. The first kappa shape index (κ1) is 9.30. The predicted octanol–water partition coefficient (Wildman–Crippen LogP) is 1.85. The maximum atomic E-state index is 5.92. The van der Waals surface area contributed by atoms with E-state index in [9.17, 15) is 0 Å². The molecule has 3 N–H and O–H groups in total. The number of hydrogen-bond acceptors (Lipinski definition) is 4. The molecule has 74 valence electrons. The minimum Gasteiger partial charge on any atom is -0.422 e. The number of hydrogen-bond donors (Lipinski definition) is 2. The number of nitrogens with one attached hydrogen (secondary N) is 1. The van der Waals surface area contributed by atoms with Crippen LogP contribution in [0.1, 0.15) is 0 Å². The number of anilines is 1. The molecule has 1 heterocycles. The largest absolute Gasteiger partial charge is 0.422 e. The van der Waals surface area contributed by atoms with Crippen LogP contribution in [0.2, 0.25) is 5.02 Å². The lowest BCUT2D eigenvalue weighted by atomic mass is 10.3. The van der Waals surface area contributed by atoms with E-state index in [1.165, 1.54) is 0 Å². The number of nitrogens with two attached hydrogens (primary N) is 1. The molecule has 0 atom stereocenters. The Morgan fingerprint density at radius 1 is 1.50 bits per heavy atom. The SMILES string of the molecule is NCCNc1nc2cccc(Cl)c2o1. The lowest BCUT2D eigenvalue weighted by Gasteiger charge is -1.95. The van der Waals surface area contributed by atoms with Gasteiger partial charge in [-0.15, -0.1) is 0 Å². The summed E-state index contributed by atoms with van der Waals surface area (Å²) in [5.41, 5.74) is 6.69. The van der Waals surface area contributed by atoms with Crippen LogP contribution in [0.3, 0.4) is 0 Å². The molecule has 0 radical (unpaired) electrons. The number of nitrogens with zero attached hydrogens (tertiary/aromatic N) is 1. The van der Waals surface area contributed by atoms with E-state index in [0.29, 0.717) is 29.7 Å². The third kappa shape index (κ3) is 1.66. The van der Waals surface area contributed by atoms with Crippen LogP contribution in [-0.4, -0.2) is 18.1 Å². The summed E-state index contributed by atoms with van der Waals surface area (Å²) in [6, 6.07) is 5.90. The molecular formula is C9H10ClN3O. The van der Waals surface area contributed by atoms with Crippen molar-refractivity contribution in [2.45, 2.75) is 0 Å². The van der Waals surface area contributed by atoms with Crippen molar-refractivity contribution in [3.05, 3.63) is 23.2 Å². The minimum atomic E-state index is 0.457. The first-order chi connectivity index (χ1) is 6.81. The van der Waals surface area contributed by atoms with E-state index >= 15 is 0 Å². The van der Waals surface area contributed by atoms with E-state index in [4.69, 9.17) is 21.8 Å². The summed E-state index contributed by atoms with van der Waals surface area (Å²) in [6.07, 6.45) is 0. The number of aromatic nitrogens is 1. The summed E-state index contributed by atoms with van der Waals surface area (Å²) >= 11 is 5.92. The molecule has 0 bridgehead atoms. The Hall–Kier alpha value is -1.26. The molecule has 0 spiro atoms. The van der Waals surface area contributed by atoms with Gasteiger partial charge in [0.25, 0.3) is 6.01 Å². The van der Waals surface area contributed by atoms with E-state index < -0.39 is 0 Å². The molecule has 0 amide bonds. The lowest BCUT2D eigenvalue weighted by Crippen LogP contribution is -2.13. The molecule has 14 heavy (non-hydrogen) atoms. The molecule has 2 rings (SSSR count). The Kier molecular flexibility index (Phi) is 2.56. The third-order valence-corrected chi connectivity index (χ3v) is 2.09. The Balaban J connectivity index is 2.36. The van der Waals surface area contributed by atoms with Crippen LogP contribution >= 0.6 is 11.6 Å². The van der Waals surface area contributed by atoms with Gasteiger partial charge in [-0.2, -0.15) is 4.98 Å². The van der Waals surface area contributed by atoms with Crippen molar-refractivity contribution in [1.29, 1.82) is 0 Å². The molecule has 5 heteroatoms. The van der Waals surface area contributed by atoms with Crippen LogP contribution in [0.25, 0.3) is 11.1 Å². The minimum absolute atomic E-state index is 0.457. The van der Waals surface area contributed by atoms with Crippen LogP contribution in [0.4, 0.5) is 6.01 Å². The highest BCUT2D eigenvalue weighted by Crippen LogP contribution is 2.25. The summed E-state index contributed by atoms with van der Waals surface area (Å²) < 4.78 is 5.39. The van der Waals surface area contributed by atoms with Crippen molar-refractivity contribution in [1.82, 2.24) is 4.98 Å². The second-order valence-corrected chi connectivity index (χ2v) is 3.23. The van der Waals surface area contributed by atoms with Crippen molar-refractivity contribution < 1.29 is 4.42 Å². The van der Waals surface area contributed by atoms with Gasteiger partial charge in [-0.25, -0.2) is 0 Å². The molecule has 1 aromatic heterocycles. The van der Waals surface area contributed by atoms with Crippen molar-refractivity contribution in [3.8, 4) is 0 Å². The Bertz CT molecular complexity index is 441. The van der Waals surface area contributed by atoms with Crippen molar-refractivity contribution >= 4 is 28.7 Å². The average Bonchev–Trinajstić information content (AvgIpc) is 2.59. The Morgan fingerprint density at radius 3 is 3.07 bits per heavy atom. The molecule has 1 aromatic carbocycles. The van der Waals surface area contributed by atoms with Crippen molar-refractivity contribution in [3.63, 3.8) is 0 Å². The lowest BCUT2D eigenvalue weighted by molar-refractivity contribution is 0.615. The molecule has 0 fully saturated rings. The fourth-order valence-electron chi connectivity index (χ4n) is 1.17. The van der Waals surface area contributed by atoms with E-state index in [1.54, 1.807) is 6.07 Å². The fourth-order valence-corrected chi connectivity index (χ4v) is 1.38. The molecular weight excluding hydrogens is 202 g/mol. The zero-order chi connectivity index (χ0) is 9.97. The summed E-state index contributed by atoms with van der Waals surface area (Å²) in [5.74, 6) is 0. The maximum absolute atomic E-state index is 5.92. The summed E-state index contributed by atoms with van der Waals surface area (Å²) in [5, 5.41) is 3.52. The maximum Gasteiger partial charge on any atom is 0.295 e. The van der Waals surface area contributed by atoms with Gasteiger partial charge in [0.2, 0.25) is 0 Å². The Morgan fingerprint density at radius 2 is 2.36 bits per heavy atom. The first-order valence-corrected chi connectivity index (χ1v) is 4.68. The molecule has 0 unspecified atom stereocenters. The zero-order valence-corrected chi connectivity index (χ0v) is 8.21. The van der Waals surface area contributed by atoms with Crippen LogP contribution in [0.15, 0.2) is 22.6 Å². The number of para-hydroxylation sites is 1. The molecule has 0 saturated carbocycles. The highest BCUT2D eigenvalue weighted by atomic mass is 35.5. The number of rotatable bonds is 3. The Labute approximate surface area is 86.0 Å². The number of benzene rings is 1. The van der Waals surface area contributed by atoms with Crippen molar-refractivity contribution in [2.24, 2.45) is 5.73 Å². The van der Waals surface area contributed by atoms with Gasteiger partial charge in [-0.1, -0.05) is 17.7 Å². The number of oxazole rings is 1. The monoisotopic (exact) mass is 211 g/mol. The van der Waals surface area contributed by atoms with Gasteiger partial charge in [0, 0.05) is 13.1 Å². The highest BCUT2D eigenvalue weighted by Gasteiger charge is 2.07. The third-order valence-electron chi connectivity index (χ3n) is 1.79. The molecule has 0 saturated heterocycles.